The van der Waals surface area contributed by atoms with Crippen LogP contribution in [0.1, 0.15) is 40.0 Å². The van der Waals surface area contributed by atoms with Crippen LogP contribution in [0.25, 0.3) is 0 Å². The number of carbonyl (C=O) groups is 3. The van der Waals surface area contributed by atoms with Crippen molar-refractivity contribution >= 4 is 38.0 Å². The molecule has 3 aliphatic rings. The first-order chi connectivity index (χ1) is 14.9. The number of hydrogen-bond acceptors (Lipinski definition) is 7. The van der Waals surface area contributed by atoms with Gasteiger partial charge in [0.1, 0.15) is 12.0 Å². The fourth-order valence-electron chi connectivity index (χ4n) is 3.67. The predicted molar refractivity (Wildman–Crippen MR) is 125 cm³/mol. The van der Waals surface area contributed by atoms with Gasteiger partial charge in [-0.15, -0.1) is 0 Å². The Morgan fingerprint density at radius 3 is 2.56 bits per heavy atom. The Bertz CT molecular complexity index is 837. The predicted octanol–water partition coefficient (Wildman–Crippen LogP) is 4.06. The second kappa shape index (κ2) is 9.22. The van der Waals surface area contributed by atoms with Gasteiger partial charge in [-0.3, -0.25) is 14.5 Å². The number of nitrogens with zero attached hydrogens (tertiary/aromatic N) is 2. The van der Waals surface area contributed by atoms with Crippen LogP contribution in [-0.4, -0.2) is 67.8 Å². The molecule has 2 amide bonds. The quantitative estimate of drug-likeness (QED) is 0.223. The lowest BCUT2D eigenvalue weighted by Gasteiger charge is -2.44. The fraction of sp³-hybridized carbons (Fsp3) is 0.682. The maximum Gasteiger partial charge on any atom is 0.515 e. The van der Waals surface area contributed by atoms with Crippen molar-refractivity contribution in [2.75, 3.05) is 20.3 Å². The van der Waals surface area contributed by atoms with Gasteiger partial charge >= 0.3 is 6.16 Å². The summed E-state index contributed by atoms with van der Waals surface area (Å²) < 4.78 is 16.7. The second-order valence-corrected chi connectivity index (χ2v) is 16.0. The van der Waals surface area contributed by atoms with Gasteiger partial charge in [0.2, 0.25) is 17.7 Å². The van der Waals surface area contributed by atoms with E-state index in [2.05, 4.69) is 40.4 Å². The molecular formula is C22H34N2O6SSi. The average molecular weight is 483 g/mol. The highest BCUT2D eigenvalue weighted by molar-refractivity contribution is 8.04. The van der Waals surface area contributed by atoms with Gasteiger partial charge in [0.15, 0.2) is 8.32 Å². The molecule has 2 fully saturated rings. The monoisotopic (exact) mass is 482 g/mol. The van der Waals surface area contributed by atoms with E-state index in [4.69, 9.17) is 13.9 Å². The smallest absolute Gasteiger partial charge is 0.430 e. The van der Waals surface area contributed by atoms with Crippen molar-refractivity contribution in [1.29, 1.82) is 0 Å². The molecule has 0 bridgehead atoms. The Hall–Kier alpha value is -1.78. The number of thioether (sulfide) groups is 1. The highest BCUT2D eigenvalue weighted by Gasteiger charge is 2.57. The minimum atomic E-state index is -2.00. The average Bonchev–Trinajstić information content (AvgIpc) is 3.17. The van der Waals surface area contributed by atoms with E-state index in [1.54, 1.807) is 11.9 Å². The van der Waals surface area contributed by atoms with Crippen molar-refractivity contribution in [1.82, 2.24) is 9.80 Å². The van der Waals surface area contributed by atoms with E-state index in [9.17, 15) is 14.4 Å². The minimum Gasteiger partial charge on any atom is -0.430 e. The topological polar surface area (TPSA) is 85.4 Å². The minimum absolute atomic E-state index is 0.0172. The van der Waals surface area contributed by atoms with Crippen LogP contribution < -0.4 is 0 Å². The summed E-state index contributed by atoms with van der Waals surface area (Å²) in [4.78, 5) is 41.2. The first-order valence-electron chi connectivity index (χ1n) is 11.0. The van der Waals surface area contributed by atoms with Crippen LogP contribution in [0.15, 0.2) is 23.4 Å². The van der Waals surface area contributed by atoms with Crippen LogP contribution >= 0.6 is 11.8 Å². The van der Waals surface area contributed by atoms with Gasteiger partial charge in [0.05, 0.1) is 10.8 Å². The summed E-state index contributed by atoms with van der Waals surface area (Å²) in [5, 5.41) is -0.124. The molecule has 0 aromatic carbocycles. The summed E-state index contributed by atoms with van der Waals surface area (Å²) in [6.07, 6.45) is 2.36. The number of fused-ring (bicyclic) bond motifs is 1. The maximum absolute atomic E-state index is 13.0. The van der Waals surface area contributed by atoms with Crippen molar-refractivity contribution in [3.05, 3.63) is 23.4 Å². The number of ether oxygens (including phenoxy) is 2. The molecule has 0 unspecified atom stereocenters. The van der Waals surface area contributed by atoms with Crippen molar-refractivity contribution < 1.29 is 28.3 Å². The number of carbonyl (C=O) groups excluding carboxylic acids is 3. The van der Waals surface area contributed by atoms with E-state index in [1.807, 2.05) is 0 Å². The number of rotatable bonds is 8. The van der Waals surface area contributed by atoms with Crippen LogP contribution in [0.5, 0.6) is 0 Å². The molecule has 0 aliphatic carbocycles. The van der Waals surface area contributed by atoms with Crippen molar-refractivity contribution in [3.8, 4) is 0 Å². The first-order valence-corrected chi connectivity index (χ1v) is 14.7. The van der Waals surface area contributed by atoms with Gasteiger partial charge in [0, 0.05) is 32.5 Å². The van der Waals surface area contributed by atoms with E-state index in [1.165, 1.54) is 22.7 Å². The summed E-state index contributed by atoms with van der Waals surface area (Å²) in [6.45, 7) is 14.7. The lowest BCUT2D eigenvalue weighted by atomic mass is 10.00. The molecule has 0 N–H and O–H groups in total. The van der Waals surface area contributed by atoms with Gasteiger partial charge in [-0.25, -0.2) is 4.79 Å². The summed E-state index contributed by atoms with van der Waals surface area (Å²) in [7, 11) is -0.211. The summed E-state index contributed by atoms with van der Waals surface area (Å²) in [5.41, 5.74) is 0. The van der Waals surface area contributed by atoms with Crippen molar-refractivity contribution in [3.63, 3.8) is 0 Å². The van der Waals surface area contributed by atoms with Gasteiger partial charge in [-0.05, 0) is 24.6 Å². The standard InChI is InChI=1S/C22H34N2O6SSi/c1-8-11-28-21(27)30-19-16(12-14-9-10-17(25)23(14)5)31-20-15(18(26)24(19)20)13-29-32(6,7)22(2,3)4/h8,14-15,20H,1,9-13H2,2-7H3/t14-,15-,20+/m0/s1. The van der Waals surface area contributed by atoms with E-state index in [-0.39, 0.29) is 46.7 Å². The van der Waals surface area contributed by atoms with Crippen molar-refractivity contribution in [2.24, 2.45) is 5.92 Å². The van der Waals surface area contributed by atoms with Crippen LogP contribution in [0.4, 0.5) is 4.79 Å². The molecule has 10 heteroatoms. The first kappa shape index (κ1) is 24.9. The lowest BCUT2D eigenvalue weighted by Crippen LogP contribution is -2.59. The lowest BCUT2D eigenvalue weighted by molar-refractivity contribution is -0.151. The molecule has 0 aromatic heterocycles. The zero-order valence-corrected chi connectivity index (χ0v) is 21.6. The van der Waals surface area contributed by atoms with Gasteiger partial charge in [-0.2, -0.15) is 0 Å². The molecule has 0 radical (unpaired) electrons. The Balaban J connectivity index is 1.74. The molecule has 0 aromatic rings. The zero-order valence-electron chi connectivity index (χ0n) is 19.8. The van der Waals surface area contributed by atoms with E-state index < -0.39 is 14.5 Å². The Kier molecular flexibility index (Phi) is 7.16. The van der Waals surface area contributed by atoms with Crippen LogP contribution in [0, 0.1) is 5.92 Å². The number of amides is 2. The Morgan fingerprint density at radius 2 is 2.00 bits per heavy atom. The summed E-state index contributed by atoms with van der Waals surface area (Å²) >= 11 is 1.52. The highest BCUT2D eigenvalue weighted by atomic mass is 32.2. The summed E-state index contributed by atoms with van der Waals surface area (Å²) in [5.74, 6) is -0.0715. The normalized spacial score (nSPS) is 25.8. The fourth-order valence-corrected chi connectivity index (χ4v) is 6.18. The number of likely N-dealkylation sites (tertiary alicyclic amines) is 1. The third-order valence-corrected chi connectivity index (χ3v) is 12.8. The SMILES string of the molecule is C=CCOC(=O)OC1=C(C[C@@H]2CCC(=O)N2C)S[C@@H]2[C@@H](CO[Si](C)(C)C(C)(C)C)C(=O)N12. The van der Waals surface area contributed by atoms with Crippen molar-refractivity contribution in [2.45, 2.75) is 69.6 Å². The number of β-lactam (4-membered cyclic amide) rings is 1. The zero-order chi connectivity index (χ0) is 23.8. The van der Waals surface area contributed by atoms with E-state index >= 15 is 0 Å². The van der Waals surface area contributed by atoms with Crippen LogP contribution in [-0.2, 0) is 23.5 Å². The molecule has 178 valence electrons. The van der Waals surface area contributed by atoms with Gasteiger partial charge in [0.25, 0.3) is 0 Å². The molecule has 3 atom stereocenters. The maximum atomic E-state index is 13.0. The van der Waals surface area contributed by atoms with Crippen LogP contribution in [0.2, 0.25) is 18.1 Å². The Labute approximate surface area is 195 Å². The van der Waals surface area contributed by atoms with Crippen LogP contribution in [0.3, 0.4) is 0 Å². The highest BCUT2D eigenvalue weighted by Crippen LogP contribution is 2.52. The molecule has 2 saturated heterocycles. The molecular weight excluding hydrogens is 448 g/mol. The summed E-state index contributed by atoms with van der Waals surface area (Å²) in [6, 6.07) is 0.0172. The molecule has 3 aliphatic heterocycles. The Morgan fingerprint density at radius 1 is 1.31 bits per heavy atom. The third-order valence-electron chi connectivity index (χ3n) is 6.86. The molecule has 0 saturated carbocycles. The third kappa shape index (κ3) is 4.77. The van der Waals surface area contributed by atoms with E-state index in [0.29, 0.717) is 19.4 Å². The number of hydrogen-bond donors (Lipinski definition) is 0. The van der Waals surface area contributed by atoms with Gasteiger partial charge < -0.3 is 18.8 Å². The molecule has 8 nitrogen and oxygen atoms in total. The second-order valence-electron chi connectivity index (χ2n) is 9.98. The van der Waals surface area contributed by atoms with Gasteiger partial charge in [-0.1, -0.05) is 45.2 Å². The molecule has 3 rings (SSSR count). The van der Waals surface area contributed by atoms with E-state index in [0.717, 1.165) is 11.3 Å². The largest absolute Gasteiger partial charge is 0.515 e. The molecule has 3 heterocycles. The molecule has 0 spiro atoms. The molecule has 32 heavy (non-hydrogen) atoms.